The first-order valence-electron chi connectivity index (χ1n) is 7.23. The van der Waals surface area contributed by atoms with Gasteiger partial charge in [-0.3, -0.25) is 4.79 Å². The molecule has 2 atom stereocenters. The number of carbonyl (C=O) groups is 1. The molecule has 0 spiro atoms. The van der Waals surface area contributed by atoms with Crippen molar-refractivity contribution in [1.82, 2.24) is 0 Å². The van der Waals surface area contributed by atoms with Crippen LogP contribution in [0.5, 0.6) is 0 Å². The molecule has 0 amide bonds. The summed E-state index contributed by atoms with van der Waals surface area (Å²) in [5.41, 5.74) is 0. The highest BCUT2D eigenvalue weighted by atomic mass is 32.2. The van der Waals surface area contributed by atoms with Gasteiger partial charge in [0, 0.05) is 5.25 Å². The highest BCUT2D eigenvalue weighted by molar-refractivity contribution is 7.99. The van der Waals surface area contributed by atoms with Gasteiger partial charge in [-0.25, -0.2) is 0 Å². The van der Waals surface area contributed by atoms with Crippen molar-refractivity contribution in [3.8, 4) is 0 Å². The van der Waals surface area contributed by atoms with Gasteiger partial charge in [-0.1, -0.05) is 32.1 Å². The second kappa shape index (κ2) is 7.39. The molecule has 2 unspecified atom stereocenters. The van der Waals surface area contributed by atoms with Crippen molar-refractivity contribution in [1.29, 1.82) is 0 Å². The first-order valence-corrected chi connectivity index (χ1v) is 8.28. The molecule has 4 heteroatoms. The molecule has 104 valence electrons. The molecular weight excluding hydrogens is 248 g/mol. The van der Waals surface area contributed by atoms with Crippen molar-refractivity contribution in [3.63, 3.8) is 0 Å². The molecule has 0 radical (unpaired) electrons. The van der Waals surface area contributed by atoms with Crippen LogP contribution in [-0.2, 0) is 9.53 Å². The van der Waals surface area contributed by atoms with E-state index in [9.17, 15) is 4.79 Å². The molecule has 0 aliphatic heterocycles. The first-order chi connectivity index (χ1) is 8.77. The minimum atomic E-state index is -0.678. The Hall–Kier alpha value is -0.220. The topological polar surface area (TPSA) is 46.5 Å². The molecule has 0 heterocycles. The van der Waals surface area contributed by atoms with Gasteiger partial charge in [-0.2, -0.15) is 0 Å². The Bertz CT molecular complexity index is 264. The van der Waals surface area contributed by atoms with E-state index in [1.54, 1.807) is 0 Å². The van der Waals surface area contributed by atoms with E-state index in [4.69, 9.17) is 9.84 Å². The minimum Gasteiger partial charge on any atom is -0.481 e. The largest absolute Gasteiger partial charge is 0.481 e. The Morgan fingerprint density at radius 1 is 1.06 bits per heavy atom. The Morgan fingerprint density at radius 3 is 2.44 bits per heavy atom. The normalized spacial score (nSPS) is 30.2. The van der Waals surface area contributed by atoms with Gasteiger partial charge >= 0.3 is 5.97 Å². The quantitative estimate of drug-likeness (QED) is 0.776. The Morgan fingerprint density at radius 2 is 1.72 bits per heavy atom. The summed E-state index contributed by atoms with van der Waals surface area (Å²) in [4.78, 5) is 11.1. The summed E-state index contributed by atoms with van der Waals surface area (Å²) in [6, 6.07) is 0. The Balaban J connectivity index is 1.69. The van der Waals surface area contributed by atoms with Crippen molar-refractivity contribution < 1.29 is 14.6 Å². The Labute approximate surface area is 114 Å². The van der Waals surface area contributed by atoms with Crippen LogP contribution in [0.4, 0.5) is 0 Å². The average Bonchev–Trinajstić information content (AvgIpc) is 2.40. The summed E-state index contributed by atoms with van der Waals surface area (Å²) in [5.74, 6) is -0.271. The Kier molecular flexibility index (Phi) is 5.83. The number of carboxylic acids is 1. The number of ether oxygens (including phenoxy) is 1. The summed E-state index contributed by atoms with van der Waals surface area (Å²) in [5, 5.41) is 9.91. The number of thioether (sulfide) groups is 1. The van der Waals surface area contributed by atoms with Crippen LogP contribution < -0.4 is 0 Å². The SMILES string of the molecule is O=C(O)C1CCCCC1OCSC1CCCCC1. The molecule has 0 aromatic carbocycles. The van der Waals surface area contributed by atoms with Gasteiger partial charge in [0.15, 0.2) is 0 Å². The molecule has 0 bridgehead atoms. The molecule has 2 fully saturated rings. The van der Waals surface area contributed by atoms with E-state index in [0.29, 0.717) is 5.94 Å². The van der Waals surface area contributed by atoms with Gasteiger partial charge in [0.05, 0.1) is 18.0 Å². The van der Waals surface area contributed by atoms with Crippen molar-refractivity contribution >= 4 is 17.7 Å². The molecular formula is C14H24O3S. The van der Waals surface area contributed by atoms with Gasteiger partial charge in [0.2, 0.25) is 0 Å². The second-order valence-electron chi connectivity index (χ2n) is 5.48. The number of hydrogen-bond donors (Lipinski definition) is 1. The van der Waals surface area contributed by atoms with Crippen LogP contribution in [0.15, 0.2) is 0 Å². The number of rotatable bonds is 5. The van der Waals surface area contributed by atoms with Crippen LogP contribution >= 0.6 is 11.8 Å². The molecule has 1 N–H and O–H groups in total. The fourth-order valence-electron chi connectivity index (χ4n) is 3.03. The third-order valence-corrected chi connectivity index (χ3v) is 5.37. The molecule has 0 aromatic rings. The summed E-state index contributed by atoms with van der Waals surface area (Å²) < 4.78 is 5.84. The summed E-state index contributed by atoms with van der Waals surface area (Å²) >= 11 is 1.89. The monoisotopic (exact) mass is 272 g/mol. The molecule has 2 saturated carbocycles. The standard InChI is InChI=1S/C14H24O3S/c15-14(16)12-8-4-5-9-13(12)17-10-18-11-6-2-1-3-7-11/h11-13H,1-10H2,(H,15,16). The third-order valence-electron chi connectivity index (χ3n) is 4.16. The zero-order valence-corrected chi connectivity index (χ0v) is 11.8. The van der Waals surface area contributed by atoms with Crippen molar-refractivity contribution in [2.45, 2.75) is 69.1 Å². The third kappa shape index (κ3) is 4.16. The van der Waals surface area contributed by atoms with E-state index in [2.05, 4.69) is 0 Å². The zero-order chi connectivity index (χ0) is 12.8. The summed E-state index contributed by atoms with van der Waals surface area (Å²) in [6.07, 6.45) is 10.5. The van der Waals surface area contributed by atoms with Crippen LogP contribution in [0, 0.1) is 5.92 Å². The van der Waals surface area contributed by atoms with Crippen LogP contribution in [0.25, 0.3) is 0 Å². The van der Waals surface area contributed by atoms with E-state index < -0.39 is 5.97 Å². The van der Waals surface area contributed by atoms with Crippen molar-refractivity contribution in [3.05, 3.63) is 0 Å². The lowest BCUT2D eigenvalue weighted by atomic mass is 9.86. The van der Waals surface area contributed by atoms with E-state index in [-0.39, 0.29) is 12.0 Å². The van der Waals surface area contributed by atoms with E-state index >= 15 is 0 Å². The fourth-order valence-corrected chi connectivity index (χ4v) is 4.15. The van der Waals surface area contributed by atoms with Crippen molar-refractivity contribution in [2.75, 3.05) is 5.94 Å². The number of aliphatic carboxylic acids is 1. The van der Waals surface area contributed by atoms with Gasteiger partial charge in [-0.15, -0.1) is 11.8 Å². The van der Waals surface area contributed by atoms with Crippen LogP contribution in [0.2, 0.25) is 0 Å². The van der Waals surface area contributed by atoms with Crippen LogP contribution in [-0.4, -0.2) is 28.4 Å². The smallest absolute Gasteiger partial charge is 0.309 e. The number of hydrogen-bond acceptors (Lipinski definition) is 3. The van der Waals surface area contributed by atoms with Gasteiger partial charge in [0.25, 0.3) is 0 Å². The molecule has 0 saturated heterocycles. The maximum absolute atomic E-state index is 11.1. The second-order valence-corrected chi connectivity index (χ2v) is 6.71. The van der Waals surface area contributed by atoms with Gasteiger partial charge in [0.1, 0.15) is 0 Å². The maximum atomic E-state index is 11.1. The van der Waals surface area contributed by atoms with Crippen LogP contribution in [0.3, 0.4) is 0 Å². The predicted molar refractivity (Wildman–Crippen MR) is 73.8 cm³/mol. The highest BCUT2D eigenvalue weighted by Crippen LogP contribution is 2.31. The average molecular weight is 272 g/mol. The lowest BCUT2D eigenvalue weighted by Gasteiger charge is -2.29. The molecule has 3 nitrogen and oxygen atoms in total. The van der Waals surface area contributed by atoms with Crippen LogP contribution in [0.1, 0.15) is 57.8 Å². The molecule has 0 aromatic heterocycles. The zero-order valence-electron chi connectivity index (χ0n) is 11.0. The summed E-state index contributed by atoms with van der Waals surface area (Å²) in [7, 11) is 0. The molecule has 2 rings (SSSR count). The fraction of sp³-hybridized carbons (Fsp3) is 0.929. The number of carboxylic acid groups (broad SMARTS) is 1. The first kappa shape index (κ1) is 14.2. The van der Waals surface area contributed by atoms with Gasteiger partial charge < -0.3 is 9.84 Å². The lowest BCUT2D eigenvalue weighted by Crippen LogP contribution is -2.33. The lowest BCUT2D eigenvalue weighted by molar-refractivity contribution is -0.148. The van der Waals surface area contributed by atoms with E-state index in [1.807, 2.05) is 11.8 Å². The van der Waals surface area contributed by atoms with Crippen molar-refractivity contribution in [2.24, 2.45) is 5.92 Å². The van der Waals surface area contributed by atoms with E-state index in [1.165, 1.54) is 32.1 Å². The molecule has 2 aliphatic carbocycles. The maximum Gasteiger partial charge on any atom is 0.309 e. The minimum absolute atomic E-state index is 0.0488. The molecule has 2 aliphatic rings. The summed E-state index contributed by atoms with van der Waals surface area (Å²) in [6.45, 7) is 0. The van der Waals surface area contributed by atoms with Gasteiger partial charge in [-0.05, 0) is 25.7 Å². The van der Waals surface area contributed by atoms with E-state index in [0.717, 1.165) is 30.9 Å². The predicted octanol–water partition coefficient (Wildman–Crippen LogP) is 3.67. The molecule has 18 heavy (non-hydrogen) atoms. The highest BCUT2D eigenvalue weighted by Gasteiger charge is 2.31.